The van der Waals surface area contributed by atoms with Crippen molar-refractivity contribution < 1.29 is 17.6 Å². The molecule has 3 aromatic heterocycles. The number of benzene rings is 2. The number of sulfonamides is 1. The second-order valence-corrected chi connectivity index (χ2v) is 12.4. The van der Waals surface area contributed by atoms with Crippen LogP contribution in [0.15, 0.2) is 85.5 Å². The largest absolute Gasteiger partial charge is 0.345 e. The number of hydrogen-bond donors (Lipinski definition) is 1. The van der Waals surface area contributed by atoms with Gasteiger partial charge in [0.25, 0.3) is 0 Å². The summed E-state index contributed by atoms with van der Waals surface area (Å²) in [5.74, 6) is 0.316. The zero-order chi connectivity index (χ0) is 27.1. The number of carbonyl (C=O) groups is 1. The maximum Gasteiger partial charge on any atom is 0.208 e. The van der Waals surface area contributed by atoms with Crippen molar-refractivity contribution in [1.82, 2.24) is 18.8 Å². The molecule has 5 aromatic rings. The van der Waals surface area contributed by atoms with E-state index in [-0.39, 0.29) is 23.5 Å². The van der Waals surface area contributed by atoms with Gasteiger partial charge in [-0.3, -0.25) is 9.78 Å². The predicted molar refractivity (Wildman–Crippen MR) is 152 cm³/mol. The van der Waals surface area contributed by atoms with Crippen LogP contribution in [0.2, 0.25) is 0 Å². The van der Waals surface area contributed by atoms with Gasteiger partial charge >= 0.3 is 0 Å². The van der Waals surface area contributed by atoms with Crippen LogP contribution in [0.3, 0.4) is 0 Å². The first-order valence-electron chi connectivity index (χ1n) is 12.4. The Kier molecular flexibility index (Phi) is 6.62. The van der Waals surface area contributed by atoms with Crippen LogP contribution in [0.25, 0.3) is 22.0 Å². The third-order valence-electron chi connectivity index (χ3n) is 6.89. The van der Waals surface area contributed by atoms with Crippen molar-refractivity contribution in [1.29, 1.82) is 0 Å². The van der Waals surface area contributed by atoms with Gasteiger partial charge in [-0.05, 0) is 41.5 Å². The monoisotopic (exact) mass is 560 g/mol. The van der Waals surface area contributed by atoms with Gasteiger partial charge in [0.05, 0.1) is 6.26 Å². The normalized spacial score (nSPS) is 15.1. The average molecular weight is 561 g/mol. The summed E-state index contributed by atoms with van der Waals surface area (Å²) in [6.07, 6.45) is 8.48. The van der Waals surface area contributed by atoms with Crippen molar-refractivity contribution in [2.75, 3.05) is 12.8 Å². The van der Waals surface area contributed by atoms with Gasteiger partial charge in [-0.2, -0.15) is 0 Å². The van der Waals surface area contributed by atoms with Crippen molar-refractivity contribution in [3.63, 3.8) is 0 Å². The van der Waals surface area contributed by atoms with E-state index in [1.807, 2.05) is 53.4 Å². The van der Waals surface area contributed by atoms with E-state index in [9.17, 15) is 17.6 Å². The summed E-state index contributed by atoms with van der Waals surface area (Å²) < 4.78 is 43.3. The summed E-state index contributed by atoms with van der Waals surface area (Å²) in [6.45, 7) is 0.526. The lowest BCUT2D eigenvalue weighted by Gasteiger charge is -2.11. The third kappa shape index (κ3) is 5.03. The molecule has 1 unspecified atom stereocenters. The molecule has 6 rings (SSSR count). The van der Waals surface area contributed by atoms with Crippen molar-refractivity contribution in [3.8, 4) is 11.1 Å². The zero-order valence-electron chi connectivity index (χ0n) is 21.0. The van der Waals surface area contributed by atoms with E-state index in [1.54, 1.807) is 36.3 Å². The molecule has 0 saturated carbocycles. The Bertz CT molecular complexity index is 1800. The molecular formula is C29H25FN4O3S2. The summed E-state index contributed by atoms with van der Waals surface area (Å²) in [5, 5.41) is 0.844. The number of fused-ring (bicyclic) bond motifs is 2. The van der Waals surface area contributed by atoms with Gasteiger partial charge in [0, 0.05) is 76.9 Å². The lowest BCUT2D eigenvalue weighted by atomic mass is 10.00. The standard InChI is InChI=1S/C29H25FN4O3S2/c1-39(36,37)32-12-14-33-17-25(23-9-6-20(15-26(23)33)19-4-7-22(30)8-5-19)28(35)24-10-13-34-27(24)18-38-29(34)21-3-2-11-31-16-21/h2-11,13,15-17,29,32H,12,14,18H2,1H3. The van der Waals surface area contributed by atoms with Crippen molar-refractivity contribution in [3.05, 3.63) is 114 Å². The molecule has 0 saturated heterocycles. The summed E-state index contributed by atoms with van der Waals surface area (Å²) >= 11 is 1.75. The van der Waals surface area contributed by atoms with E-state index in [0.29, 0.717) is 23.4 Å². The Labute approximate surface area is 229 Å². The molecule has 10 heteroatoms. The SMILES string of the molecule is CS(=O)(=O)NCCn1cc(C(=O)c2ccn3c2CSC3c2cccnc2)c2ccc(-c3ccc(F)cc3)cc21. The highest BCUT2D eigenvalue weighted by molar-refractivity contribution is 7.99. The molecule has 0 spiro atoms. The van der Waals surface area contributed by atoms with Gasteiger partial charge in [-0.1, -0.05) is 30.3 Å². The fourth-order valence-electron chi connectivity index (χ4n) is 5.05. The lowest BCUT2D eigenvalue weighted by Crippen LogP contribution is -2.25. The molecule has 39 heavy (non-hydrogen) atoms. The number of nitrogens with zero attached hydrogens (tertiary/aromatic N) is 3. The molecule has 0 aliphatic carbocycles. The number of pyridine rings is 1. The first kappa shape index (κ1) is 25.5. The van der Waals surface area contributed by atoms with Crippen molar-refractivity contribution in [2.45, 2.75) is 17.7 Å². The molecule has 1 aliphatic heterocycles. The fraction of sp³-hybridized carbons (Fsp3) is 0.172. The summed E-state index contributed by atoms with van der Waals surface area (Å²) in [4.78, 5) is 18.2. The second-order valence-electron chi connectivity index (χ2n) is 9.50. The van der Waals surface area contributed by atoms with Gasteiger partial charge < -0.3 is 9.13 Å². The minimum Gasteiger partial charge on any atom is -0.345 e. The number of aromatic nitrogens is 3. The Morgan fingerprint density at radius 2 is 1.90 bits per heavy atom. The van der Waals surface area contributed by atoms with Crippen LogP contribution in [-0.2, 0) is 22.3 Å². The Hall–Kier alpha value is -3.73. The Balaban J connectivity index is 1.39. The van der Waals surface area contributed by atoms with Crippen LogP contribution in [0.5, 0.6) is 0 Å². The Morgan fingerprint density at radius 3 is 2.64 bits per heavy atom. The minimum absolute atomic E-state index is 0.0666. The topological polar surface area (TPSA) is 86.0 Å². The maximum atomic E-state index is 14.0. The van der Waals surface area contributed by atoms with Gasteiger partial charge in [-0.15, -0.1) is 11.8 Å². The molecule has 0 fully saturated rings. The fourth-order valence-corrected chi connectivity index (χ4v) is 6.82. The summed E-state index contributed by atoms with van der Waals surface area (Å²) in [5.41, 5.74) is 5.78. The van der Waals surface area contributed by atoms with Gasteiger partial charge in [0.1, 0.15) is 11.2 Å². The lowest BCUT2D eigenvalue weighted by molar-refractivity contribution is 0.103. The van der Waals surface area contributed by atoms with Crippen LogP contribution in [-0.4, -0.2) is 41.1 Å². The number of rotatable bonds is 8. The first-order chi connectivity index (χ1) is 18.8. The highest BCUT2D eigenvalue weighted by Gasteiger charge is 2.30. The number of halogens is 1. The minimum atomic E-state index is -3.36. The van der Waals surface area contributed by atoms with E-state index >= 15 is 0 Å². The highest BCUT2D eigenvalue weighted by Crippen LogP contribution is 2.42. The van der Waals surface area contributed by atoms with E-state index in [2.05, 4.69) is 14.3 Å². The van der Waals surface area contributed by atoms with Crippen LogP contribution < -0.4 is 4.72 Å². The van der Waals surface area contributed by atoms with Crippen LogP contribution in [0.1, 0.15) is 32.6 Å². The summed E-state index contributed by atoms with van der Waals surface area (Å²) in [7, 11) is -3.36. The number of carbonyl (C=O) groups excluding carboxylic acids is 1. The first-order valence-corrected chi connectivity index (χ1v) is 15.3. The maximum absolute atomic E-state index is 14.0. The number of hydrogen-bond acceptors (Lipinski definition) is 5. The number of nitrogens with one attached hydrogen (secondary N) is 1. The quantitative estimate of drug-likeness (QED) is 0.263. The van der Waals surface area contributed by atoms with Gasteiger partial charge in [0.2, 0.25) is 10.0 Å². The van der Waals surface area contributed by atoms with Gasteiger partial charge in [0.15, 0.2) is 5.78 Å². The molecule has 1 atom stereocenters. The molecule has 1 aliphatic rings. The molecule has 0 amide bonds. The zero-order valence-corrected chi connectivity index (χ0v) is 22.7. The van der Waals surface area contributed by atoms with E-state index in [0.717, 1.165) is 39.5 Å². The molecule has 7 nitrogen and oxygen atoms in total. The highest BCUT2D eigenvalue weighted by atomic mass is 32.2. The van der Waals surface area contributed by atoms with Crippen molar-refractivity contribution >= 4 is 38.5 Å². The molecular weight excluding hydrogens is 535 g/mol. The molecule has 0 bridgehead atoms. The molecule has 4 heterocycles. The van der Waals surface area contributed by atoms with Crippen LogP contribution in [0, 0.1) is 5.82 Å². The number of ketones is 1. The van der Waals surface area contributed by atoms with Crippen LogP contribution >= 0.6 is 11.8 Å². The molecule has 198 valence electrons. The molecule has 1 N–H and O–H groups in total. The summed E-state index contributed by atoms with van der Waals surface area (Å²) in [6, 6.07) is 17.9. The van der Waals surface area contributed by atoms with Crippen molar-refractivity contribution in [2.24, 2.45) is 0 Å². The Morgan fingerprint density at radius 1 is 1.10 bits per heavy atom. The molecule has 0 radical (unpaired) electrons. The second kappa shape index (κ2) is 10.1. The molecule has 2 aromatic carbocycles. The number of thioether (sulfide) groups is 1. The van der Waals surface area contributed by atoms with E-state index < -0.39 is 10.0 Å². The van der Waals surface area contributed by atoms with Crippen LogP contribution in [0.4, 0.5) is 4.39 Å². The van der Waals surface area contributed by atoms with Gasteiger partial charge in [-0.25, -0.2) is 17.5 Å². The average Bonchev–Trinajstić information content (AvgIpc) is 3.62. The third-order valence-corrected chi connectivity index (χ3v) is 8.87. The predicted octanol–water partition coefficient (Wildman–Crippen LogP) is 5.22. The van der Waals surface area contributed by atoms with E-state index in [1.165, 1.54) is 12.1 Å². The van der Waals surface area contributed by atoms with E-state index in [4.69, 9.17) is 0 Å². The smallest absolute Gasteiger partial charge is 0.208 e.